The molecule has 7 nitrogen and oxygen atoms in total. The second-order valence-corrected chi connectivity index (χ2v) is 4.37. The van der Waals surface area contributed by atoms with Crippen molar-refractivity contribution in [1.29, 1.82) is 0 Å². The Labute approximate surface area is 110 Å². The third-order valence-electron chi connectivity index (χ3n) is 2.85. The average molecular weight is 270 g/mol. The van der Waals surface area contributed by atoms with E-state index >= 15 is 0 Å². The Morgan fingerprint density at radius 2 is 1.68 bits per heavy atom. The van der Waals surface area contributed by atoms with Gasteiger partial charge in [-0.2, -0.15) is 0 Å². The van der Waals surface area contributed by atoms with Crippen molar-refractivity contribution in [3.8, 4) is 0 Å². The second kappa shape index (κ2) is 6.89. The minimum absolute atomic E-state index is 0.0248. The van der Waals surface area contributed by atoms with E-state index in [9.17, 15) is 9.59 Å². The number of hydrogen-bond donors (Lipinski definition) is 2. The van der Waals surface area contributed by atoms with Crippen LogP contribution < -0.4 is 0 Å². The van der Waals surface area contributed by atoms with Gasteiger partial charge in [0.15, 0.2) is 0 Å². The third-order valence-corrected chi connectivity index (χ3v) is 2.85. The van der Waals surface area contributed by atoms with Crippen molar-refractivity contribution in [1.82, 2.24) is 10.1 Å². The highest BCUT2D eigenvalue weighted by atomic mass is 16.5. The number of nitrogens with zero attached hydrogens (tertiary/aromatic N) is 2. The quantitative estimate of drug-likeness (QED) is 0.727. The van der Waals surface area contributed by atoms with Crippen LogP contribution in [0.15, 0.2) is 4.52 Å². The van der Waals surface area contributed by atoms with Crippen molar-refractivity contribution in [2.75, 3.05) is 13.1 Å². The summed E-state index contributed by atoms with van der Waals surface area (Å²) in [7, 11) is 0. The number of carboxylic acids is 2. The van der Waals surface area contributed by atoms with Crippen LogP contribution in [0.25, 0.3) is 0 Å². The van der Waals surface area contributed by atoms with E-state index in [0.717, 1.165) is 11.3 Å². The number of hydrogen-bond acceptors (Lipinski definition) is 5. The maximum Gasteiger partial charge on any atom is 0.304 e. The summed E-state index contributed by atoms with van der Waals surface area (Å²) >= 11 is 0. The van der Waals surface area contributed by atoms with Crippen molar-refractivity contribution in [3.05, 3.63) is 17.0 Å². The van der Waals surface area contributed by atoms with Crippen LogP contribution in [0.5, 0.6) is 0 Å². The molecule has 0 fully saturated rings. The Morgan fingerprint density at radius 1 is 1.16 bits per heavy atom. The largest absolute Gasteiger partial charge is 0.481 e. The van der Waals surface area contributed by atoms with Crippen molar-refractivity contribution >= 4 is 11.9 Å². The van der Waals surface area contributed by atoms with Gasteiger partial charge in [-0.3, -0.25) is 14.5 Å². The lowest BCUT2D eigenvalue weighted by Crippen LogP contribution is -2.29. The van der Waals surface area contributed by atoms with Crippen LogP contribution in [-0.4, -0.2) is 45.3 Å². The van der Waals surface area contributed by atoms with Crippen molar-refractivity contribution in [2.45, 2.75) is 33.2 Å². The van der Waals surface area contributed by atoms with E-state index in [1.807, 2.05) is 0 Å². The molecule has 0 aliphatic heterocycles. The van der Waals surface area contributed by atoms with E-state index in [-0.39, 0.29) is 12.8 Å². The predicted molar refractivity (Wildman–Crippen MR) is 65.8 cm³/mol. The molecule has 19 heavy (non-hydrogen) atoms. The topological polar surface area (TPSA) is 104 Å². The van der Waals surface area contributed by atoms with Crippen LogP contribution in [0.3, 0.4) is 0 Å². The monoisotopic (exact) mass is 270 g/mol. The number of aromatic nitrogens is 1. The van der Waals surface area contributed by atoms with E-state index in [2.05, 4.69) is 5.16 Å². The molecular weight excluding hydrogens is 252 g/mol. The summed E-state index contributed by atoms with van der Waals surface area (Å²) in [6.07, 6.45) is -0.0496. The van der Waals surface area contributed by atoms with E-state index in [1.165, 1.54) is 0 Å². The Morgan fingerprint density at radius 3 is 2.05 bits per heavy atom. The average Bonchev–Trinajstić information content (AvgIpc) is 2.63. The minimum Gasteiger partial charge on any atom is -0.481 e. The summed E-state index contributed by atoms with van der Waals surface area (Å²) < 4.78 is 5.04. The van der Waals surface area contributed by atoms with Gasteiger partial charge in [0.25, 0.3) is 0 Å². The lowest BCUT2D eigenvalue weighted by Gasteiger charge is -2.20. The summed E-state index contributed by atoms with van der Waals surface area (Å²) in [5, 5.41) is 21.2. The van der Waals surface area contributed by atoms with E-state index < -0.39 is 11.9 Å². The molecule has 0 unspecified atom stereocenters. The molecule has 106 valence electrons. The smallest absolute Gasteiger partial charge is 0.304 e. The van der Waals surface area contributed by atoms with Gasteiger partial charge in [0, 0.05) is 25.2 Å². The molecule has 0 aliphatic rings. The maximum atomic E-state index is 10.6. The first kappa shape index (κ1) is 15.2. The molecule has 1 heterocycles. The Kier molecular flexibility index (Phi) is 5.50. The van der Waals surface area contributed by atoms with Crippen LogP contribution in [-0.2, 0) is 16.1 Å². The molecule has 0 atom stereocenters. The molecule has 1 aromatic rings. The molecular formula is C12H18N2O5. The van der Waals surface area contributed by atoms with E-state index in [1.54, 1.807) is 18.7 Å². The van der Waals surface area contributed by atoms with Crippen LogP contribution in [0.1, 0.15) is 29.9 Å². The van der Waals surface area contributed by atoms with Crippen molar-refractivity contribution in [3.63, 3.8) is 0 Å². The number of aliphatic carboxylic acids is 2. The van der Waals surface area contributed by atoms with Gasteiger partial charge in [0.1, 0.15) is 5.76 Å². The number of aryl methyl sites for hydroxylation is 2. The van der Waals surface area contributed by atoms with Crippen molar-refractivity contribution in [2.24, 2.45) is 0 Å². The van der Waals surface area contributed by atoms with Gasteiger partial charge in [0.2, 0.25) is 0 Å². The first-order chi connectivity index (χ1) is 8.90. The molecule has 1 rings (SSSR count). The Hall–Kier alpha value is -1.89. The van der Waals surface area contributed by atoms with E-state index in [4.69, 9.17) is 14.7 Å². The fourth-order valence-corrected chi connectivity index (χ4v) is 1.73. The predicted octanol–water partition coefficient (Wildman–Crippen LogP) is 1.04. The maximum absolute atomic E-state index is 10.6. The highest BCUT2D eigenvalue weighted by Gasteiger charge is 2.15. The molecule has 0 aliphatic carbocycles. The molecule has 0 saturated carbocycles. The zero-order valence-corrected chi connectivity index (χ0v) is 11.0. The molecule has 0 amide bonds. The normalized spacial score (nSPS) is 10.9. The Balaban J connectivity index is 2.67. The van der Waals surface area contributed by atoms with Crippen LogP contribution in [0.4, 0.5) is 0 Å². The Bertz CT molecular complexity index is 417. The fourth-order valence-electron chi connectivity index (χ4n) is 1.73. The first-order valence-corrected chi connectivity index (χ1v) is 5.98. The molecule has 7 heteroatoms. The van der Waals surface area contributed by atoms with Gasteiger partial charge in [-0.25, -0.2) is 0 Å². The van der Waals surface area contributed by atoms with Gasteiger partial charge in [-0.1, -0.05) is 5.16 Å². The minimum atomic E-state index is -0.904. The lowest BCUT2D eigenvalue weighted by atomic mass is 10.2. The zero-order chi connectivity index (χ0) is 14.4. The summed E-state index contributed by atoms with van der Waals surface area (Å²) in [6.45, 7) is 4.63. The molecule has 1 aromatic heterocycles. The lowest BCUT2D eigenvalue weighted by molar-refractivity contribution is -0.137. The molecule has 0 radical (unpaired) electrons. The summed E-state index contributed by atoms with van der Waals surface area (Å²) in [6, 6.07) is 0. The summed E-state index contributed by atoms with van der Waals surface area (Å²) in [4.78, 5) is 23.0. The molecule has 0 bridgehead atoms. The SMILES string of the molecule is Cc1noc(C)c1CN(CCC(=O)O)CCC(=O)O. The molecule has 0 aromatic carbocycles. The number of rotatable bonds is 8. The fraction of sp³-hybridized carbons (Fsp3) is 0.583. The summed E-state index contributed by atoms with van der Waals surface area (Å²) in [5.41, 5.74) is 1.63. The zero-order valence-electron chi connectivity index (χ0n) is 11.0. The van der Waals surface area contributed by atoms with Gasteiger partial charge < -0.3 is 14.7 Å². The third kappa shape index (κ3) is 5.09. The molecule has 0 spiro atoms. The molecule has 0 saturated heterocycles. The number of carbonyl (C=O) groups is 2. The van der Waals surface area contributed by atoms with Crippen LogP contribution >= 0.6 is 0 Å². The van der Waals surface area contributed by atoms with E-state index in [0.29, 0.717) is 25.4 Å². The summed E-state index contributed by atoms with van der Waals surface area (Å²) in [5.74, 6) is -1.13. The number of carboxylic acid groups (broad SMARTS) is 2. The first-order valence-electron chi connectivity index (χ1n) is 5.98. The van der Waals surface area contributed by atoms with Crippen LogP contribution in [0, 0.1) is 13.8 Å². The van der Waals surface area contributed by atoms with Crippen LogP contribution in [0.2, 0.25) is 0 Å². The highest BCUT2D eigenvalue weighted by molar-refractivity contribution is 5.67. The highest BCUT2D eigenvalue weighted by Crippen LogP contribution is 2.15. The van der Waals surface area contributed by atoms with Gasteiger partial charge in [-0.15, -0.1) is 0 Å². The van der Waals surface area contributed by atoms with Gasteiger partial charge in [-0.05, 0) is 13.8 Å². The standard InChI is InChI=1S/C12H18N2O5/c1-8-10(9(2)19-13-8)7-14(5-3-11(15)16)6-4-12(17)18/h3-7H2,1-2H3,(H,15,16)(H,17,18). The van der Waals surface area contributed by atoms with Gasteiger partial charge in [0.05, 0.1) is 18.5 Å². The molecule has 2 N–H and O–H groups in total. The second-order valence-electron chi connectivity index (χ2n) is 4.37. The van der Waals surface area contributed by atoms with Crippen molar-refractivity contribution < 1.29 is 24.3 Å². The van der Waals surface area contributed by atoms with Gasteiger partial charge >= 0.3 is 11.9 Å².